The lowest BCUT2D eigenvalue weighted by molar-refractivity contribution is -0.146. The number of hydrogen-bond acceptors (Lipinski definition) is 3. The van der Waals surface area contributed by atoms with Crippen molar-refractivity contribution in [3.05, 3.63) is 12.2 Å². The molecule has 0 spiro atoms. The van der Waals surface area contributed by atoms with Gasteiger partial charge in [-0.3, -0.25) is 9.59 Å². The Morgan fingerprint density at radius 3 is 2.04 bits per heavy atom. The van der Waals surface area contributed by atoms with Gasteiger partial charge in [0, 0.05) is 6.54 Å². The van der Waals surface area contributed by atoms with Gasteiger partial charge >= 0.3 is 5.97 Å². The number of carbonyl (C=O) groups is 2. The lowest BCUT2D eigenvalue weighted by Gasteiger charge is -2.20. The molecule has 1 amide bonds. The van der Waals surface area contributed by atoms with Gasteiger partial charge in [-0.15, -0.1) is 0 Å². The van der Waals surface area contributed by atoms with Gasteiger partial charge in [-0.1, -0.05) is 70.4 Å². The molecule has 24 heavy (non-hydrogen) atoms. The molecule has 2 N–H and O–H groups in total. The fourth-order valence-corrected chi connectivity index (χ4v) is 3.68. The lowest BCUT2D eigenvalue weighted by Crippen LogP contribution is -2.42. The maximum absolute atomic E-state index is 12.3. The normalized spacial score (nSPS) is 27.5. The average molecular weight is 337 g/mol. The van der Waals surface area contributed by atoms with Gasteiger partial charge in [0.05, 0.1) is 18.1 Å². The number of ether oxygens (including phenoxy) is 1. The van der Waals surface area contributed by atoms with E-state index in [0.717, 1.165) is 12.8 Å². The van der Waals surface area contributed by atoms with Crippen LogP contribution in [0.4, 0.5) is 0 Å². The molecule has 2 aliphatic rings. The van der Waals surface area contributed by atoms with Crippen molar-refractivity contribution in [1.29, 1.82) is 0 Å². The molecule has 0 aromatic carbocycles. The first-order valence-electron chi connectivity index (χ1n) is 9.49. The molecule has 1 saturated heterocycles. The van der Waals surface area contributed by atoms with Crippen LogP contribution in [-0.4, -0.2) is 35.7 Å². The van der Waals surface area contributed by atoms with Gasteiger partial charge in [-0.2, -0.15) is 0 Å². The molecule has 2 bridgehead atoms. The zero-order valence-corrected chi connectivity index (χ0v) is 14.7. The Morgan fingerprint density at radius 1 is 0.917 bits per heavy atom. The Hall–Kier alpha value is -1.36. The molecule has 2 rings (SSSR count). The number of hydrogen-bond donors (Lipinski definition) is 2. The second-order valence-electron chi connectivity index (χ2n) is 6.96. The summed E-state index contributed by atoms with van der Waals surface area (Å²) in [6, 6.07) is 0. The van der Waals surface area contributed by atoms with Gasteiger partial charge in [0.2, 0.25) is 5.91 Å². The summed E-state index contributed by atoms with van der Waals surface area (Å²) in [5.74, 6) is -2.46. The summed E-state index contributed by atoms with van der Waals surface area (Å²) in [7, 11) is 0. The minimum Gasteiger partial charge on any atom is -0.481 e. The van der Waals surface area contributed by atoms with Crippen molar-refractivity contribution in [2.75, 3.05) is 6.54 Å². The van der Waals surface area contributed by atoms with Crippen molar-refractivity contribution in [2.24, 2.45) is 11.8 Å². The molecule has 4 atom stereocenters. The Kier molecular flexibility index (Phi) is 7.76. The van der Waals surface area contributed by atoms with Crippen LogP contribution in [0.3, 0.4) is 0 Å². The minimum absolute atomic E-state index is 0.182. The Morgan fingerprint density at radius 2 is 1.46 bits per heavy atom. The van der Waals surface area contributed by atoms with Crippen molar-refractivity contribution in [3.8, 4) is 0 Å². The summed E-state index contributed by atoms with van der Waals surface area (Å²) in [4.78, 5) is 23.7. The number of nitrogens with one attached hydrogen (secondary N) is 1. The van der Waals surface area contributed by atoms with Crippen molar-refractivity contribution < 1.29 is 19.4 Å². The Balaban J connectivity index is 1.55. The molecule has 0 aromatic rings. The van der Waals surface area contributed by atoms with Crippen molar-refractivity contribution in [3.63, 3.8) is 0 Å². The average Bonchev–Trinajstić information content (AvgIpc) is 3.17. The highest BCUT2D eigenvalue weighted by molar-refractivity contribution is 5.87. The summed E-state index contributed by atoms with van der Waals surface area (Å²) in [5, 5.41) is 12.2. The van der Waals surface area contributed by atoms with Crippen LogP contribution >= 0.6 is 0 Å². The third kappa shape index (κ3) is 5.07. The standard InChI is InChI=1S/C19H31NO4/c1-2-3-4-5-6-7-8-9-10-13-20-18(21)16-14-11-12-15(24-14)17(16)19(22)23/h11-12,14-17H,2-10,13H2,1H3,(H,20,21)(H,22,23)/t14-,15-,16-,17-/m0/s1. The first kappa shape index (κ1) is 19.0. The maximum atomic E-state index is 12.3. The highest BCUT2D eigenvalue weighted by Gasteiger charge is 2.53. The fraction of sp³-hybridized carbons (Fsp3) is 0.789. The summed E-state index contributed by atoms with van der Waals surface area (Å²) >= 11 is 0. The molecule has 136 valence electrons. The largest absolute Gasteiger partial charge is 0.481 e. The zero-order chi connectivity index (χ0) is 17.4. The molecule has 2 aliphatic heterocycles. The maximum Gasteiger partial charge on any atom is 0.310 e. The molecule has 0 saturated carbocycles. The molecule has 0 radical (unpaired) electrons. The van der Waals surface area contributed by atoms with Crippen LogP contribution in [-0.2, 0) is 14.3 Å². The molecule has 5 heteroatoms. The summed E-state index contributed by atoms with van der Waals surface area (Å²) in [5.41, 5.74) is 0. The molecule has 0 unspecified atom stereocenters. The summed E-state index contributed by atoms with van der Waals surface area (Å²) < 4.78 is 5.53. The number of carboxylic acid groups (broad SMARTS) is 1. The summed E-state index contributed by atoms with van der Waals surface area (Å²) in [6.07, 6.45) is 13.9. The lowest BCUT2D eigenvalue weighted by atomic mass is 9.82. The SMILES string of the molecule is CCCCCCCCCCCNC(=O)[C@@H]1[C@@H](C(=O)O)[C@@H]2C=C[C@@H]1O2. The van der Waals surface area contributed by atoms with Crippen LogP contribution in [0, 0.1) is 11.8 Å². The van der Waals surface area contributed by atoms with Crippen molar-refractivity contribution in [2.45, 2.75) is 76.9 Å². The number of carbonyl (C=O) groups excluding carboxylic acids is 1. The Bertz CT molecular complexity index is 449. The van der Waals surface area contributed by atoms with Gasteiger partial charge < -0.3 is 15.2 Å². The van der Waals surface area contributed by atoms with E-state index >= 15 is 0 Å². The van der Waals surface area contributed by atoms with E-state index in [1.165, 1.54) is 44.9 Å². The minimum atomic E-state index is -0.949. The van der Waals surface area contributed by atoms with Gasteiger partial charge in [-0.25, -0.2) is 0 Å². The van der Waals surface area contributed by atoms with Gasteiger partial charge in [0.25, 0.3) is 0 Å². The van der Waals surface area contributed by atoms with Gasteiger partial charge in [0.1, 0.15) is 5.92 Å². The number of fused-ring (bicyclic) bond motifs is 2. The molecular formula is C19H31NO4. The van der Waals surface area contributed by atoms with Crippen LogP contribution in [0.25, 0.3) is 0 Å². The highest BCUT2D eigenvalue weighted by atomic mass is 16.5. The number of aliphatic carboxylic acids is 1. The van der Waals surface area contributed by atoms with Gasteiger partial charge in [0.15, 0.2) is 0 Å². The number of amides is 1. The van der Waals surface area contributed by atoms with E-state index in [1.54, 1.807) is 6.08 Å². The third-order valence-electron chi connectivity index (χ3n) is 5.07. The number of rotatable bonds is 12. The topological polar surface area (TPSA) is 75.6 Å². The molecule has 0 aliphatic carbocycles. The van der Waals surface area contributed by atoms with Crippen LogP contribution in [0.5, 0.6) is 0 Å². The molecule has 2 heterocycles. The first-order chi connectivity index (χ1) is 11.6. The second-order valence-corrected chi connectivity index (χ2v) is 6.96. The predicted molar refractivity (Wildman–Crippen MR) is 92.7 cm³/mol. The van der Waals surface area contributed by atoms with E-state index < -0.39 is 23.9 Å². The quantitative estimate of drug-likeness (QED) is 0.423. The van der Waals surface area contributed by atoms with Gasteiger partial charge in [-0.05, 0) is 6.42 Å². The first-order valence-corrected chi connectivity index (χ1v) is 9.49. The monoisotopic (exact) mass is 337 g/mol. The van der Waals surface area contributed by atoms with E-state index in [9.17, 15) is 14.7 Å². The van der Waals surface area contributed by atoms with E-state index in [4.69, 9.17) is 4.74 Å². The zero-order valence-electron chi connectivity index (χ0n) is 14.7. The molecule has 0 aromatic heterocycles. The van der Waals surface area contributed by atoms with Crippen molar-refractivity contribution in [1.82, 2.24) is 5.32 Å². The molecular weight excluding hydrogens is 306 g/mol. The highest BCUT2D eigenvalue weighted by Crippen LogP contribution is 2.39. The van der Waals surface area contributed by atoms with Crippen molar-refractivity contribution >= 4 is 11.9 Å². The number of carboxylic acids is 1. The van der Waals surface area contributed by atoms with E-state index in [1.807, 2.05) is 6.08 Å². The molecule has 1 fully saturated rings. The third-order valence-corrected chi connectivity index (χ3v) is 5.07. The second kappa shape index (κ2) is 9.82. The van der Waals surface area contributed by atoms with Crippen LogP contribution in [0.15, 0.2) is 12.2 Å². The molecule has 5 nitrogen and oxygen atoms in total. The number of unbranched alkanes of at least 4 members (excludes halogenated alkanes) is 8. The van der Waals surface area contributed by atoms with E-state index in [-0.39, 0.29) is 12.0 Å². The van der Waals surface area contributed by atoms with Crippen LogP contribution in [0.2, 0.25) is 0 Å². The van der Waals surface area contributed by atoms with Crippen LogP contribution < -0.4 is 5.32 Å². The smallest absolute Gasteiger partial charge is 0.310 e. The van der Waals surface area contributed by atoms with Crippen LogP contribution in [0.1, 0.15) is 64.7 Å². The Labute approximate surface area is 144 Å². The van der Waals surface area contributed by atoms with E-state index in [2.05, 4.69) is 12.2 Å². The predicted octanol–water partition coefficient (Wildman–Crippen LogP) is 3.29. The summed E-state index contributed by atoms with van der Waals surface area (Å²) in [6.45, 7) is 2.85. The fourth-order valence-electron chi connectivity index (χ4n) is 3.68. The van der Waals surface area contributed by atoms with E-state index in [0.29, 0.717) is 6.54 Å².